The summed E-state index contributed by atoms with van der Waals surface area (Å²) in [5.74, 6) is 0.819. The number of hydrogen-bond donors (Lipinski definition) is 1. The molecule has 112 valence electrons. The van der Waals surface area contributed by atoms with Crippen molar-refractivity contribution in [2.45, 2.75) is 24.7 Å². The lowest BCUT2D eigenvalue weighted by atomic mass is 10.1. The van der Waals surface area contributed by atoms with Crippen LogP contribution >= 0.6 is 0 Å². The summed E-state index contributed by atoms with van der Waals surface area (Å²) in [5.41, 5.74) is 0.875. The molecule has 1 aliphatic heterocycles. The van der Waals surface area contributed by atoms with Crippen LogP contribution in [0.4, 0.5) is 5.69 Å². The molecule has 0 amide bonds. The van der Waals surface area contributed by atoms with E-state index in [0.717, 1.165) is 31.7 Å². The van der Waals surface area contributed by atoms with Gasteiger partial charge in [-0.25, -0.2) is 8.42 Å². The smallest absolute Gasteiger partial charge is 0.180 e. The highest BCUT2D eigenvalue weighted by Gasteiger charge is 2.26. The normalized spacial score (nSPS) is 19.5. The summed E-state index contributed by atoms with van der Waals surface area (Å²) in [7, 11) is -1.20. The van der Waals surface area contributed by atoms with Gasteiger partial charge in [-0.3, -0.25) is 0 Å². The summed E-state index contributed by atoms with van der Waals surface area (Å²) in [6.45, 7) is 4.75. The van der Waals surface area contributed by atoms with Crippen molar-refractivity contribution in [3.05, 3.63) is 24.3 Å². The van der Waals surface area contributed by atoms with Gasteiger partial charge >= 0.3 is 0 Å². The lowest BCUT2D eigenvalue weighted by Crippen LogP contribution is -2.25. The Morgan fingerprint density at radius 3 is 2.80 bits per heavy atom. The molecule has 5 heteroatoms. The van der Waals surface area contributed by atoms with Crippen LogP contribution in [0.25, 0.3) is 0 Å². The van der Waals surface area contributed by atoms with Gasteiger partial charge in [0.15, 0.2) is 9.84 Å². The number of hydrogen-bond acceptors (Lipinski definition) is 4. The van der Waals surface area contributed by atoms with Gasteiger partial charge in [0, 0.05) is 13.1 Å². The molecule has 1 fully saturated rings. The van der Waals surface area contributed by atoms with E-state index in [0.29, 0.717) is 17.2 Å². The topological polar surface area (TPSA) is 49.4 Å². The van der Waals surface area contributed by atoms with Crippen molar-refractivity contribution in [1.29, 1.82) is 0 Å². The van der Waals surface area contributed by atoms with Gasteiger partial charge in [-0.2, -0.15) is 0 Å². The van der Waals surface area contributed by atoms with Crippen LogP contribution in [0.15, 0.2) is 29.2 Å². The van der Waals surface area contributed by atoms with Crippen LogP contribution < -0.4 is 10.2 Å². The Morgan fingerprint density at radius 2 is 2.10 bits per heavy atom. The van der Waals surface area contributed by atoms with Gasteiger partial charge in [0.05, 0.1) is 16.3 Å². The van der Waals surface area contributed by atoms with Crippen LogP contribution in [0.3, 0.4) is 0 Å². The van der Waals surface area contributed by atoms with Crippen LogP contribution in [0.5, 0.6) is 0 Å². The SMILES string of the molecule is CCCS(=O)(=O)c1ccccc1N1CCC(CNC)C1. The monoisotopic (exact) mass is 296 g/mol. The van der Waals surface area contributed by atoms with Gasteiger partial charge < -0.3 is 10.2 Å². The van der Waals surface area contributed by atoms with Gasteiger partial charge in [0.25, 0.3) is 0 Å². The number of rotatable bonds is 6. The number of para-hydroxylation sites is 1. The first-order valence-corrected chi connectivity index (χ1v) is 8.95. The molecule has 0 bridgehead atoms. The summed E-state index contributed by atoms with van der Waals surface area (Å²) in [4.78, 5) is 2.71. The molecule has 0 aromatic heterocycles. The largest absolute Gasteiger partial charge is 0.370 e. The molecule has 0 spiro atoms. The first-order valence-electron chi connectivity index (χ1n) is 7.29. The maximum atomic E-state index is 12.4. The van der Waals surface area contributed by atoms with Crippen molar-refractivity contribution in [2.24, 2.45) is 5.92 Å². The first kappa shape index (κ1) is 15.3. The maximum absolute atomic E-state index is 12.4. The Kier molecular flexibility index (Phi) is 5.05. The van der Waals surface area contributed by atoms with Crippen LogP contribution in [0, 0.1) is 5.92 Å². The minimum Gasteiger partial charge on any atom is -0.370 e. The number of nitrogens with one attached hydrogen (secondary N) is 1. The quantitative estimate of drug-likeness (QED) is 0.871. The Balaban J connectivity index is 2.25. The molecule has 1 saturated heterocycles. The number of anilines is 1. The summed E-state index contributed by atoms with van der Waals surface area (Å²) in [6, 6.07) is 7.41. The third-order valence-electron chi connectivity index (χ3n) is 3.79. The molecule has 0 saturated carbocycles. The lowest BCUT2D eigenvalue weighted by Gasteiger charge is -2.22. The fraction of sp³-hybridized carbons (Fsp3) is 0.600. The van der Waals surface area contributed by atoms with Crippen molar-refractivity contribution >= 4 is 15.5 Å². The average Bonchev–Trinajstić information content (AvgIpc) is 2.88. The average molecular weight is 296 g/mol. The van der Waals surface area contributed by atoms with Gasteiger partial charge in [0.1, 0.15) is 0 Å². The Labute approximate surface area is 122 Å². The van der Waals surface area contributed by atoms with Gasteiger partial charge in [-0.1, -0.05) is 19.1 Å². The van der Waals surface area contributed by atoms with Gasteiger partial charge in [-0.05, 0) is 44.5 Å². The van der Waals surface area contributed by atoms with E-state index in [1.54, 1.807) is 6.07 Å². The Bertz CT molecular complexity index is 543. The molecule has 4 nitrogen and oxygen atoms in total. The fourth-order valence-electron chi connectivity index (χ4n) is 2.87. The molecule has 20 heavy (non-hydrogen) atoms. The van der Waals surface area contributed by atoms with Crippen molar-refractivity contribution in [1.82, 2.24) is 5.32 Å². The van der Waals surface area contributed by atoms with E-state index >= 15 is 0 Å². The molecule has 1 aliphatic rings. The zero-order valence-electron chi connectivity index (χ0n) is 12.3. The van der Waals surface area contributed by atoms with Gasteiger partial charge in [0.2, 0.25) is 0 Å². The van der Waals surface area contributed by atoms with E-state index in [2.05, 4.69) is 10.2 Å². The predicted molar refractivity (Wildman–Crippen MR) is 83.0 cm³/mol. The minimum absolute atomic E-state index is 0.220. The highest BCUT2D eigenvalue weighted by Crippen LogP contribution is 2.30. The lowest BCUT2D eigenvalue weighted by molar-refractivity contribution is 0.549. The van der Waals surface area contributed by atoms with Crippen molar-refractivity contribution in [2.75, 3.05) is 37.3 Å². The molecule has 1 aromatic carbocycles. The zero-order valence-corrected chi connectivity index (χ0v) is 13.1. The highest BCUT2D eigenvalue weighted by molar-refractivity contribution is 7.91. The van der Waals surface area contributed by atoms with E-state index in [9.17, 15) is 8.42 Å². The van der Waals surface area contributed by atoms with Crippen molar-refractivity contribution in [3.8, 4) is 0 Å². The summed E-state index contributed by atoms with van der Waals surface area (Å²) in [6.07, 6.45) is 1.77. The third kappa shape index (κ3) is 3.33. The van der Waals surface area contributed by atoms with E-state index in [4.69, 9.17) is 0 Å². The molecular formula is C15H24N2O2S. The van der Waals surface area contributed by atoms with Crippen molar-refractivity contribution in [3.63, 3.8) is 0 Å². The van der Waals surface area contributed by atoms with E-state index in [1.807, 2.05) is 32.2 Å². The van der Waals surface area contributed by atoms with E-state index in [1.165, 1.54) is 0 Å². The third-order valence-corrected chi connectivity index (χ3v) is 5.75. The maximum Gasteiger partial charge on any atom is 0.180 e. The molecule has 0 radical (unpaired) electrons. The number of benzene rings is 1. The second-order valence-corrected chi connectivity index (χ2v) is 7.52. The minimum atomic E-state index is -3.17. The predicted octanol–water partition coefficient (Wildman–Crippen LogP) is 1.92. The Morgan fingerprint density at radius 1 is 1.35 bits per heavy atom. The van der Waals surface area contributed by atoms with E-state index in [-0.39, 0.29) is 5.75 Å². The standard InChI is InChI=1S/C15H24N2O2S/c1-3-10-20(18,19)15-7-5-4-6-14(15)17-9-8-13(12-17)11-16-2/h4-7,13,16H,3,8-12H2,1-2H3. The molecular weight excluding hydrogens is 272 g/mol. The molecule has 2 rings (SSSR count). The number of sulfone groups is 1. The Hall–Kier alpha value is -1.07. The molecule has 0 aliphatic carbocycles. The highest BCUT2D eigenvalue weighted by atomic mass is 32.2. The van der Waals surface area contributed by atoms with E-state index < -0.39 is 9.84 Å². The van der Waals surface area contributed by atoms with Crippen LogP contribution in [0.2, 0.25) is 0 Å². The number of nitrogens with zero attached hydrogens (tertiary/aromatic N) is 1. The molecule has 1 unspecified atom stereocenters. The molecule has 1 N–H and O–H groups in total. The molecule has 1 atom stereocenters. The van der Waals surface area contributed by atoms with Crippen molar-refractivity contribution < 1.29 is 8.42 Å². The summed E-state index contributed by atoms with van der Waals surface area (Å²) >= 11 is 0. The summed E-state index contributed by atoms with van der Waals surface area (Å²) < 4.78 is 24.8. The fourth-order valence-corrected chi connectivity index (χ4v) is 4.43. The van der Waals surface area contributed by atoms with Crippen LogP contribution in [-0.2, 0) is 9.84 Å². The van der Waals surface area contributed by atoms with Crippen LogP contribution in [-0.4, -0.2) is 40.9 Å². The molecule has 1 aromatic rings. The summed E-state index contributed by atoms with van der Waals surface area (Å²) in [5, 5.41) is 3.20. The van der Waals surface area contributed by atoms with Crippen LogP contribution in [0.1, 0.15) is 19.8 Å². The first-order chi connectivity index (χ1) is 9.58. The molecule has 1 heterocycles. The van der Waals surface area contributed by atoms with Gasteiger partial charge in [-0.15, -0.1) is 0 Å². The zero-order chi connectivity index (χ0) is 14.6. The second-order valence-electron chi connectivity index (χ2n) is 5.44. The second kappa shape index (κ2) is 6.59.